The molecule has 2 aromatic rings. The summed E-state index contributed by atoms with van der Waals surface area (Å²) in [4.78, 5) is 0. The zero-order valence-electron chi connectivity index (χ0n) is 12.5. The van der Waals surface area contributed by atoms with Crippen LogP contribution < -0.4 is 14.8 Å². The molecule has 0 aromatic heterocycles. The monoisotopic (exact) mass is 349 g/mol. The highest BCUT2D eigenvalue weighted by molar-refractivity contribution is 9.10. The fourth-order valence-corrected chi connectivity index (χ4v) is 2.38. The summed E-state index contributed by atoms with van der Waals surface area (Å²) in [5.74, 6) is 2.21. The molecule has 2 aromatic carbocycles. The van der Waals surface area contributed by atoms with Crippen LogP contribution in [-0.2, 0) is 6.54 Å². The predicted molar refractivity (Wildman–Crippen MR) is 89.2 cm³/mol. The van der Waals surface area contributed by atoms with E-state index in [1.165, 1.54) is 5.56 Å². The van der Waals surface area contributed by atoms with Gasteiger partial charge in [0.15, 0.2) is 11.5 Å². The number of para-hydroxylation sites is 2. The third-order valence-corrected chi connectivity index (χ3v) is 3.76. The average Bonchev–Trinajstić information content (AvgIpc) is 2.47. The van der Waals surface area contributed by atoms with E-state index in [0.717, 1.165) is 22.5 Å². The van der Waals surface area contributed by atoms with Gasteiger partial charge in [-0.2, -0.15) is 0 Å². The molecule has 0 amide bonds. The minimum absolute atomic E-state index is 0.460. The number of halogens is 1. The van der Waals surface area contributed by atoms with E-state index in [-0.39, 0.29) is 0 Å². The Morgan fingerprint density at radius 3 is 2.43 bits per heavy atom. The van der Waals surface area contributed by atoms with E-state index in [4.69, 9.17) is 9.47 Å². The van der Waals surface area contributed by atoms with Crippen molar-refractivity contribution in [2.45, 2.75) is 26.4 Å². The van der Waals surface area contributed by atoms with Crippen molar-refractivity contribution in [3.05, 3.63) is 52.5 Å². The number of ether oxygens (including phenoxy) is 2. The van der Waals surface area contributed by atoms with Gasteiger partial charge in [0.2, 0.25) is 0 Å². The van der Waals surface area contributed by atoms with E-state index in [0.29, 0.717) is 11.8 Å². The number of hydrogen-bond acceptors (Lipinski definition) is 3. The molecule has 4 heteroatoms. The lowest BCUT2D eigenvalue weighted by Gasteiger charge is -2.13. The van der Waals surface area contributed by atoms with E-state index in [1.807, 2.05) is 36.4 Å². The van der Waals surface area contributed by atoms with Gasteiger partial charge in [0, 0.05) is 17.1 Å². The van der Waals surface area contributed by atoms with E-state index in [1.54, 1.807) is 7.11 Å². The molecule has 0 bridgehead atoms. The first kappa shape index (κ1) is 15.9. The van der Waals surface area contributed by atoms with Gasteiger partial charge in [0.05, 0.1) is 7.11 Å². The molecule has 0 saturated carbocycles. The number of nitrogens with one attached hydrogen (secondary N) is 1. The number of methoxy groups -OCH3 is 1. The summed E-state index contributed by atoms with van der Waals surface area (Å²) < 4.78 is 12.2. The molecule has 0 atom stereocenters. The van der Waals surface area contributed by atoms with Gasteiger partial charge in [0.1, 0.15) is 5.75 Å². The summed E-state index contributed by atoms with van der Waals surface area (Å²) in [6, 6.07) is 14.1. The Balaban J connectivity index is 2.13. The molecule has 112 valence electrons. The molecule has 0 aliphatic rings. The van der Waals surface area contributed by atoms with E-state index >= 15 is 0 Å². The Morgan fingerprint density at radius 1 is 1.10 bits per heavy atom. The highest BCUT2D eigenvalue weighted by Gasteiger charge is 2.07. The average molecular weight is 350 g/mol. The maximum atomic E-state index is 5.89. The molecule has 21 heavy (non-hydrogen) atoms. The van der Waals surface area contributed by atoms with Gasteiger partial charge < -0.3 is 14.8 Å². The fraction of sp³-hybridized carbons (Fsp3) is 0.294. The molecule has 0 aliphatic carbocycles. The van der Waals surface area contributed by atoms with Gasteiger partial charge in [-0.05, 0) is 29.8 Å². The summed E-state index contributed by atoms with van der Waals surface area (Å²) in [5.41, 5.74) is 1.20. The maximum Gasteiger partial charge on any atom is 0.169 e. The summed E-state index contributed by atoms with van der Waals surface area (Å²) >= 11 is 3.59. The van der Waals surface area contributed by atoms with E-state index < -0.39 is 0 Å². The largest absolute Gasteiger partial charge is 0.493 e. The van der Waals surface area contributed by atoms with Crippen LogP contribution in [0.5, 0.6) is 17.2 Å². The van der Waals surface area contributed by atoms with E-state index in [2.05, 4.69) is 41.2 Å². The summed E-state index contributed by atoms with van der Waals surface area (Å²) in [6.07, 6.45) is 0. The lowest BCUT2D eigenvalue weighted by atomic mass is 10.2. The summed E-state index contributed by atoms with van der Waals surface area (Å²) in [7, 11) is 1.64. The minimum Gasteiger partial charge on any atom is -0.493 e. The Labute approximate surface area is 134 Å². The molecular weight excluding hydrogens is 330 g/mol. The smallest absolute Gasteiger partial charge is 0.169 e. The van der Waals surface area contributed by atoms with Gasteiger partial charge in [-0.3, -0.25) is 0 Å². The van der Waals surface area contributed by atoms with Gasteiger partial charge in [-0.15, -0.1) is 0 Å². The summed E-state index contributed by atoms with van der Waals surface area (Å²) in [6.45, 7) is 5.09. The second kappa shape index (κ2) is 7.48. The topological polar surface area (TPSA) is 30.5 Å². The second-order valence-electron chi connectivity index (χ2n) is 5.04. The third-order valence-electron chi connectivity index (χ3n) is 3.02. The molecular formula is C17H20BrNO2. The van der Waals surface area contributed by atoms with Crippen molar-refractivity contribution < 1.29 is 9.47 Å². The molecule has 0 radical (unpaired) electrons. The number of benzene rings is 2. The molecule has 1 N–H and O–H groups in total. The van der Waals surface area contributed by atoms with E-state index in [9.17, 15) is 0 Å². The molecule has 0 aliphatic heterocycles. The van der Waals surface area contributed by atoms with Crippen LogP contribution in [0.2, 0.25) is 0 Å². The quantitative estimate of drug-likeness (QED) is 0.816. The molecule has 0 heterocycles. The Hall–Kier alpha value is -1.52. The summed E-state index contributed by atoms with van der Waals surface area (Å²) in [5, 5.41) is 3.40. The van der Waals surface area contributed by atoms with Crippen molar-refractivity contribution in [3.63, 3.8) is 0 Å². The Bertz CT molecular complexity index is 599. The van der Waals surface area contributed by atoms with Crippen LogP contribution in [-0.4, -0.2) is 13.2 Å². The lowest BCUT2D eigenvalue weighted by molar-refractivity contribution is 0.378. The van der Waals surface area contributed by atoms with Crippen molar-refractivity contribution in [1.82, 2.24) is 5.32 Å². The molecule has 3 nitrogen and oxygen atoms in total. The SMILES string of the molecule is COc1ccccc1Oc1ccc(CNC(C)C)c(Br)c1. The zero-order chi connectivity index (χ0) is 15.2. The highest BCUT2D eigenvalue weighted by atomic mass is 79.9. The van der Waals surface area contributed by atoms with Crippen LogP contribution in [0, 0.1) is 0 Å². The van der Waals surface area contributed by atoms with Crippen LogP contribution >= 0.6 is 15.9 Å². The highest BCUT2D eigenvalue weighted by Crippen LogP contribution is 2.32. The molecule has 2 rings (SSSR count). The fourth-order valence-electron chi connectivity index (χ4n) is 1.88. The lowest BCUT2D eigenvalue weighted by Crippen LogP contribution is -2.21. The van der Waals surface area contributed by atoms with Gasteiger partial charge in [-0.1, -0.05) is 48.0 Å². The Kier molecular flexibility index (Phi) is 5.65. The molecule has 0 saturated heterocycles. The first-order valence-corrected chi connectivity index (χ1v) is 7.72. The van der Waals surface area contributed by atoms with Gasteiger partial charge >= 0.3 is 0 Å². The van der Waals surface area contributed by atoms with Gasteiger partial charge in [0.25, 0.3) is 0 Å². The number of hydrogen-bond donors (Lipinski definition) is 1. The van der Waals surface area contributed by atoms with Crippen molar-refractivity contribution >= 4 is 15.9 Å². The van der Waals surface area contributed by atoms with Crippen molar-refractivity contribution in [1.29, 1.82) is 0 Å². The molecule has 0 spiro atoms. The van der Waals surface area contributed by atoms with Crippen LogP contribution in [0.15, 0.2) is 46.9 Å². The van der Waals surface area contributed by atoms with Gasteiger partial charge in [-0.25, -0.2) is 0 Å². The normalized spacial score (nSPS) is 10.7. The first-order valence-electron chi connectivity index (χ1n) is 6.93. The Morgan fingerprint density at radius 2 is 1.81 bits per heavy atom. The second-order valence-corrected chi connectivity index (χ2v) is 5.90. The maximum absolute atomic E-state index is 5.89. The van der Waals surface area contributed by atoms with Crippen LogP contribution in [0.3, 0.4) is 0 Å². The predicted octanol–water partition coefficient (Wildman–Crippen LogP) is 4.75. The first-order chi connectivity index (χ1) is 10.1. The van der Waals surface area contributed by atoms with Crippen LogP contribution in [0.25, 0.3) is 0 Å². The third kappa shape index (κ3) is 4.48. The molecule has 0 fully saturated rings. The van der Waals surface area contributed by atoms with Crippen molar-refractivity contribution in [2.24, 2.45) is 0 Å². The zero-order valence-corrected chi connectivity index (χ0v) is 14.1. The minimum atomic E-state index is 0.460. The number of rotatable bonds is 6. The van der Waals surface area contributed by atoms with Crippen LogP contribution in [0.4, 0.5) is 0 Å². The van der Waals surface area contributed by atoms with Crippen molar-refractivity contribution in [3.8, 4) is 17.2 Å². The van der Waals surface area contributed by atoms with Crippen LogP contribution in [0.1, 0.15) is 19.4 Å². The standard InChI is InChI=1S/C17H20BrNO2/c1-12(2)19-11-13-8-9-14(10-15(13)18)21-17-7-5-4-6-16(17)20-3/h4-10,12,19H,11H2,1-3H3. The van der Waals surface area contributed by atoms with Crippen molar-refractivity contribution in [2.75, 3.05) is 7.11 Å². The molecule has 0 unspecified atom stereocenters.